The van der Waals surface area contributed by atoms with E-state index < -0.39 is 0 Å². The zero-order valence-corrected chi connectivity index (χ0v) is 10.8. The molecule has 15 heavy (non-hydrogen) atoms. The van der Waals surface area contributed by atoms with Gasteiger partial charge in [0, 0.05) is 26.2 Å². The highest BCUT2D eigenvalue weighted by Crippen LogP contribution is 2.03. The van der Waals surface area contributed by atoms with Crippen LogP contribution in [0.15, 0.2) is 0 Å². The number of nitrogens with one attached hydrogen (secondary N) is 1. The van der Waals surface area contributed by atoms with Crippen LogP contribution in [0.4, 0.5) is 4.79 Å². The zero-order chi connectivity index (χ0) is 12.1. The molecule has 1 atom stereocenters. The highest BCUT2D eigenvalue weighted by atomic mass is 16.5. The normalized spacial score (nSPS) is 13.5. The fourth-order valence-corrected chi connectivity index (χ4v) is 1.30. The van der Waals surface area contributed by atoms with Crippen LogP contribution in [0.5, 0.6) is 0 Å². The van der Waals surface area contributed by atoms with Gasteiger partial charge in [-0.15, -0.1) is 0 Å². The largest absolute Gasteiger partial charge is 0.384 e. The first-order valence-corrected chi connectivity index (χ1v) is 5.28. The van der Waals surface area contributed by atoms with Crippen LogP contribution < -0.4 is 5.32 Å². The summed E-state index contributed by atoms with van der Waals surface area (Å²) in [6.45, 7) is 9.35. The molecule has 0 saturated carbocycles. The van der Waals surface area contributed by atoms with E-state index in [1.54, 1.807) is 19.1 Å². The van der Waals surface area contributed by atoms with Crippen molar-refractivity contribution in [1.29, 1.82) is 0 Å². The first-order valence-electron chi connectivity index (χ1n) is 5.28. The van der Waals surface area contributed by atoms with Crippen LogP contribution in [0.3, 0.4) is 0 Å². The topological polar surface area (TPSA) is 41.6 Å². The van der Waals surface area contributed by atoms with Gasteiger partial charge in [0.2, 0.25) is 0 Å². The van der Waals surface area contributed by atoms with Gasteiger partial charge in [-0.3, -0.25) is 0 Å². The Kier molecular flexibility index (Phi) is 5.65. The predicted octanol–water partition coefficient (Wildman–Crippen LogP) is 1.71. The molecule has 0 aromatic rings. The highest BCUT2D eigenvalue weighted by Gasteiger charge is 2.18. The minimum absolute atomic E-state index is 0.0366. The van der Waals surface area contributed by atoms with E-state index in [1.165, 1.54) is 0 Å². The number of methoxy groups -OCH3 is 1. The van der Waals surface area contributed by atoms with Crippen molar-refractivity contribution < 1.29 is 9.53 Å². The maximum atomic E-state index is 11.7. The Morgan fingerprint density at radius 1 is 1.47 bits per heavy atom. The van der Waals surface area contributed by atoms with Gasteiger partial charge in [-0.1, -0.05) is 6.92 Å². The first-order chi connectivity index (χ1) is 6.76. The number of hydrogen-bond acceptors (Lipinski definition) is 2. The molecule has 0 aliphatic heterocycles. The van der Waals surface area contributed by atoms with Crippen molar-refractivity contribution in [1.82, 2.24) is 10.2 Å². The van der Waals surface area contributed by atoms with E-state index in [2.05, 4.69) is 12.2 Å². The van der Waals surface area contributed by atoms with Crippen molar-refractivity contribution >= 4 is 6.03 Å². The van der Waals surface area contributed by atoms with Crippen LogP contribution >= 0.6 is 0 Å². The van der Waals surface area contributed by atoms with Gasteiger partial charge in [0.25, 0.3) is 0 Å². The number of amides is 2. The van der Waals surface area contributed by atoms with E-state index in [0.29, 0.717) is 19.1 Å². The molecule has 0 bridgehead atoms. The molecule has 90 valence electrons. The number of ether oxygens (including phenoxy) is 1. The predicted molar refractivity (Wildman–Crippen MR) is 62.0 cm³/mol. The standard InChI is InChI=1S/C11H24N2O2/c1-9(8-15-6)7-13(5)10(14)12-11(2,3)4/h9H,7-8H2,1-6H3,(H,12,14)/t9-/m1/s1. The van der Waals surface area contributed by atoms with Crippen LogP contribution in [-0.2, 0) is 4.74 Å². The average molecular weight is 216 g/mol. The van der Waals surface area contributed by atoms with Crippen LogP contribution in [-0.4, -0.2) is 43.8 Å². The lowest BCUT2D eigenvalue weighted by Gasteiger charge is -2.27. The third-order valence-electron chi connectivity index (χ3n) is 1.87. The second-order valence-corrected chi connectivity index (χ2v) is 5.12. The quantitative estimate of drug-likeness (QED) is 0.777. The van der Waals surface area contributed by atoms with Crippen LogP contribution in [0, 0.1) is 5.92 Å². The fraction of sp³-hybridized carbons (Fsp3) is 0.909. The number of carbonyl (C=O) groups is 1. The third-order valence-corrected chi connectivity index (χ3v) is 1.87. The molecule has 0 aliphatic carbocycles. The second-order valence-electron chi connectivity index (χ2n) is 5.12. The van der Waals surface area contributed by atoms with Crippen molar-refractivity contribution in [3.8, 4) is 0 Å². The molecule has 0 unspecified atom stereocenters. The summed E-state index contributed by atoms with van der Waals surface area (Å²) < 4.78 is 5.03. The number of carbonyl (C=O) groups excluding carboxylic acids is 1. The first kappa shape index (κ1) is 14.2. The Morgan fingerprint density at radius 2 is 2.00 bits per heavy atom. The van der Waals surface area contributed by atoms with Gasteiger partial charge in [-0.25, -0.2) is 4.79 Å². The Labute approximate surface area is 93.0 Å². The molecule has 1 N–H and O–H groups in total. The monoisotopic (exact) mass is 216 g/mol. The van der Waals surface area contributed by atoms with Gasteiger partial charge in [0.1, 0.15) is 0 Å². The van der Waals surface area contributed by atoms with Crippen LogP contribution in [0.1, 0.15) is 27.7 Å². The fourth-order valence-electron chi connectivity index (χ4n) is 1.30. The second kappa shape index (κ2) is 5.95. The van der Waals surface area contributed by atoms with Crippen molar-refractivity contribution in [2.24, 2.45) is 5.92 Å². The molecule has 0 heterocycles. The number of rotatable bonds is 4. The molecule has 0 aromatic carbocycles. The minimum atomic E-state index is -0.185. The van der Waals surface area contributed by atoms with E-state index in [1.807, 2.05) is 20.8 Å². The molecule has 0 radical (unpaired) electrons. The molecule has 0 spiro atoms. The van der Waals surface area contributed by atoms with Gasteiger partial charge < -0.3 is 15.0 Å². The minimum Gasteiger partial charge on any atom is -0.384 e. The van der Waals surface area contributed by atoms with Crippen molar-refractivity contribution in [2.45, 2.75) is 33.2 Å². The Bertz CT molecular complexity index is 199. The van der Waals surface area contributed by atoms with Gasteiger partial charge in [-0.05, 0) is 26.7 Å². The van der Waals surface area contributed by atoms with E-state index in [0.717, 1.165) is 0 Å². The number of hydrogen-bond donors (Lipinski definition) is 1. The van der Waals surface area contributed by atoms with Crippen molar-refractivity contribution in [3.63, 3.8) is 0 Å². The Hall–Kier alpha value is -0.770. The van der Waals surface area contributed by atoms with Crippen molar-refractivity contribution in [2.75, 3.05) is 27.3 Å². The molecule has 0 saturated heterocycles. The third kappa shape index (κ3) is 7.19. The van der Waals surface area contributed by atoms with E-state index in [4.69, 9.17) is 4.74 Å². The summed E-state index contributed by atoms with van der Waals surface area (Å²) in [5, 5.41) is 2.91. The molecular weight excluding hydrogens is 192 g/mol. The highest BCUT2D eigenvalue weighted by molar-refractivity contribution is 5.74. The van der Waals surface area contributed by atoms with E-state index in [9.17, 15) is 4.79 Å². The Balaban J connectivity index is 3.99. The lowest BCUT2D eigenvalue weighted by Crippen LogP contribution is -2.48. The van der Waals surface area contributed by atoms with E-state index >= 15 is 0 Å². The molecule has 2 amide bonds. The summed E-state index contributed by atoms with van der Waals surface area (Å²) in [6.07, 6.45) is 0. The zero-order valence-electron chi connectivity index (χ0n) is 10.8. The lowest BCUT2D eigenvalue weighted by atomic mass is 10.1. The van der Waals surface area contributed by atoms with E-state index in [-0.39, 0.29) is 11.6 Å². The number of nitrogens with zero attached hydrogens (tertiary/aromatic N) is 1. The van der Waals surface area contributed by atoms with Crippen molar-refractivity contribution in [3.05, 3.63) is 0 Å². The molecule has 4 nitrogen and oxygen atoms in total. The number of urea groups is 1. The molecule has 0 aromatic heterocycles. The summed E-state index contributed by atoms with van der Waals surface area (Å²) >= 11 is 0. The van der Waals surface area contributed by atoms with Crippen LogP contribution in [0.2, 0.25) is 0 Å². The maximum absolute atomic E-state index is 11.7. The van der Waals surface area contributed by atoms with Gasteiger partial charge in [0.05, 0.1) is 6.61 Å². The summed E-state index contributed by atoms with van der Waals surface area (Å²) in [5.41, 5.74) is -0.185. The summed E-state index contributed by atoms with van der Waals surface area (Å²) in [5.74, 6) is 0.353. The summed E-state index contributed by atoms with van der Waals surface area (Å²) in [7, 11) is 3.47. The molecule has 0 fully saturated rings. The average Bonchev–Trinajstić information content (AvgIpc) is 2.00. The van der Waals surface area contributed by atoms with Gasteiger partial charge in [0.15, 0.2) is 0 Å². The summed E-state index contributed by atoms with van der Waals surface area (Å²) in [6, 6.07) is -0.0366. The molecular formula is C11H24N2O2. The van der Waals surface area contributed by atoms with Gasteiger partial charge in [-0.2, -0.15) is 0 Å². The lowest BCUT2D eigenvalue weighted by molar-refractivity contribution is 0.137. The van der Waals surface area contributed by atoms with Crippen LogP contribution in [0.25, 0.3) is 0 Å². The molecule has 0 rings (SSSR count). The SMILES string of the molecule is COC[C@H](C)CN(C)C(=O)NC(C)(C)C. The molecule has 4 heteroatoms. The maximum Gasteiger partial charge on any atom is 0.317 e. The van der Waals surface area contributed by atoms with Gasteiger partial charge >= 0.3 is 6.03 Å². The smallest absolute Gasteiger partial charge is 0.317 e. The summed E-state index contributed by atoms with van der Waals surface area (Å²) in [4.78, 5) is 13.4. The Morgan fingerprint density at radius 3 is 2.40 bits per heavy atom. The molecule has 0 aliphatic rings.